The van der Waals surface area contributed by atoms with E-state index in [2.05, 4.69) is 11.0 Å². The summed E-state index contributed by atoms with van der Waals surface area (Å²) in [5, 5.41) is 0. The molecule has 8 heteroatoms. The minimum atomic E-state index is 0.221. The lowest BCUT2D eigenvalue weighted by Gasteiger charge is -2.33. The van der Waals surface area contributed by atoms with Gasteiger partial charge < -0.3 is 19.1 Å². The van der Waals surface area contributed by atoms with Crippen molar-refractivity contribution in [1.29, 1.82) is 0 Å². The third kappa shape index (κ3) is 6.92. The number of hydrogen-bond acceptors (Lipinski definition) is 7. The first kappa shape index (κ1) is 29.8. The van der Waals surface area contributed by atoms with Crippen LogP contribution in [0.15, 0.2) is 18.2 Å². The maximum Gasteiger partial charge on any atom is 0.164 e. The van der Waals surface area contributed by atoms with E-state index in [0.717, 1.165) is 96.4 Å². The number of nitrogens with zero attached hydrogens (tertiary/aromatic N) is 1. The van der Waals surface area contributed by atoms with Gasteiger partial charge in [-0.25, -0.2) is 0 Å². The second kappa shape index (κ2) is 13.1. The predicted molar refractivity (Wildman–Crippen MR) is 169 cm³/mol. The van der Waals surface area contributed by atoms with Gasteiger partial charge in [0.1, 0.15) is 17.3 Å². The highest BCUT2D eigenvalue weighted by Crippen LogP contribution is 2.42. The summed E-state index contributed by atoms with van der Waals surface area (Å²) in [6, 6.07) is 6.19. The van der Waals surface area contributed by atoms with Gasteiger partial charge in [-0.15, -0.1) is 11.3 Å². The minimum Gasteiger partial charge on any atom is -0.497 e. The van der Waals surface area contributed by atoms with Crippen LogP contribution in [0, 0.1) is 17.8 Å². The fourth-order valence-corrected chi connectivity index (χ4v) is 8.46. The number of methoxy groups -OCH3 is 2. The Morgan fingerprint density at radius 1 is 1.07 bits per heavy atom. The van der Waals surface area contributed by atoms with Crippen molar-refractivity contribution in [1.82, 2.24) is 4.90 Å². The zero-order valence-corrected chi connectivity index (χ0v) is 26.6. The molecule has 3 fully saturated rings. The monoisotopic (exact) mass is 609 g/mol. The van der Waals surface area contributed by atoms with Crippen LogP contribution in [0.25, 0.3) is 0 Å². The molecule has 1 saturated heterocycles. The van der Waals surface area contributed by atoms with E-state index in [9.17, 15) is 9.59 Å². The van der Waals surface area contributed by atoms with E-state index < -0.39 is 0 Å². The molecule has 1 aliphatic heterocycles. The van der Waals surface area contributed by atoms with Crippen molar-refractivity contribution in [3.8, 4) is 11.5 Å². The molecule has 1 unspecified atom stereocenters. The van der Waals surface area contributed by atoms with Gasteiger partial charge in [0, 0.05) is 65.3 Å². The van der Waals surface area contributed by atoms with Crippen LogP contribution in [0.2, 0.25) is 0 Å². The number of carbonyl (C=O) groups excluding carboxylic acids is 2. The Hall–Kier alpha value is -2.29. The van der Waals surface area contributed by atoms with Gasteiger partial charge in [0.2, 0.25) is 0 Å². The molecule has 1 aromatic carbocycles. The Bertz CT molecular complexity index is 1320. The quantitative estimate of drug-likeness (QED) is 0.173. The fourth-order valence-electron chi connectivity index (χ4n) is 6.63. The van der Waals surface area contributed by atoms with E-state index in [0.29, 0.717) is 37.7 Å². The van der Waals surface area contributed by atoms with Gasteiger partial charge in [0.05, 0.1) is 31.9 Å². The largest absolute Gasteiger partial charge is 0.497 e. The highest BCUT2D eigenvalue weighted by molar-refractivity contribution is 7.80. The zero-order valence-electron chi connectivity index (χ0n) is 25.0. The van der Waals surface area contributed by atoms with Crippen molar-refractivity contribution in [3.05, 3.63) is 44.6 Å². The average Bonchev–Trinajstić information content (AvgIpc) is 3.93. The van der Waals surface area contributed by atoms with E-state index in [1.807, 2.05) is 12.1 Å². The molecule has 0 bridgehead atoms. The van der Waals surface area contributed by atoms with E-state index in [4.69, 9.17) is 26.4 Å². The van der Waals surface area contributed by atoms with Crippen LogP contribution in [-0.4, -0.2) is 54.9 Å². The maximum atomic E-state index is 13.6. The summed E-state index contributed by atoms with van der Waals surface area (Å²) in [6.07, 6.45) is 11.2. The lowest BCUT2D eigenvalue weighted by atomic mass is 9.82. The number of fused-ring (bicyclic) bond motifs is 1. The van der Waals surface area contributed by atoms with Crippen molar-refractivity contribution >= 4 is 40.1 Å². The molecule has 6 rings (SSSR count). The van der Waals surface area contributed by atoms with Crippen LogP contribution in [0.5, 0.6) is 11.5 Å². The highest BCUT2D eigenvalue weighted by Gasteiger charge is 2.35. The molecule has 0 spiro atoms. The number of thiocarbonyl (C=S) groups is 1. The number of thiophene rings is 1. The smallest absolute Gasteiger partial charge is 0.164 e. The number of rotatable bonds is 14. The molecule has 0 radical (unpaired) electrons. The average molecular weight is 610 g/mol. The first-order valence-corrected chi connectivity index (χ1v) is 16.9. The molecule has 42 heavy (non-hydrogen) atoms. The van der Waals surface area contributed by atoms with Crippen LogP contribution in [-0.2, 0) is 35.3 Å². The minimum absolute atomic E-state index is 0.221. The summed E-state index contributed by atoms with van der Waals surface area (Å²) in [5.74, 6) is 3.47. The Balaban J connectivity index is 1.19. The molecule has 0 N–H and O–H groups in total. The number of ketones is 2. The second-order valence-corrected chi connectivity index (χ2v) is 14.3. The number of Topliss-reactive ketones (excluding diaryl/α,β-unsaturated/α-hetero) is 2. The van der Waals surface area contributed by atoms with Crippen LogP contribution in [0.3, 0.4) is 0 Å². The van der Waals surface area contributed by atoms with E-state index in [1.165, 1.54) is 23.3 Å². The molecule has 2 saturated carbocycles. The summed E-state index contributed by atoms with van der Waals surface area (Å²) in [5.41, 5.74) is 3.21. The number of hydrogen-bond donors (Lipinski definition) is 0. The van der Waals surface area contributed by atoms with Crippen molar-refractivity contribution in [2.45, 2.75) is 89.6 Å². The Kier molecular flexibility index (Phi) is 9.32. The molecule has 226 valence electrons. The first-order chi connectivity index (χ1) is 20.4. The maximum absolute atomic E-state index is 13.6. The SMILES string of the molecule is COc1ccc(CN(C(=S)C[C@@H]2CCc3sc(CC(=O)C4CC4)c(C(=O)CCC4CC4)c3C2)C2CCOC2)c(OC)c1. The summed E-state index contributed by atoms with van der Waals surface area (Å²) in [6.45, 7) is 2.09. The van der Waals surface area contributed by atoms with E-state index >= 15 is 0 Å². The normalized spacial score (nSPS) is 21.6. The number of carbonyl (C=O) groups is 2. The van der Waals surface area contributed by atoms with Crippen LogP contribution >= 0.6 is 23.6 Å². The molecule has 1 aromatic heterocycles. The summed E-state index contributed by atoms with van der Waals surface area (Å²) >= 11 is 7.92. The Morgan fingerprint density at radius 3 is 2.60 bits per heavy atom. The highest BCUT2D eigenvalue weighted by atomic mass is 32.1. The van der Waals surface area contributed by atoms with Crippen molar-refractivity contribution in [2.24, 2.45) is 17.8 Å². The second-order valence-electron chi connectivity index (χ2n) is 12.7. The third-order valence-corrected chi connectivity index (χ3v) is 11.2. The van der Waals surface area contributed by atoms with Crippen LogP contribution in [0.1, 0.15) is 89.0 Å². The fraction of sp³-hybridized carbons (Fsp3) is 0.618. The summed E-state index contributed by atoms with van der Waals surface area (Å²) in [4.78, 5) is 32.1. The lowest BCUT2D eigenvalue weighted by Crippen LogP contribution is -2.40. The molecular formula is C34H43NO5S2. The Labute approximate surface area is 259 Å². The zero-order chi connectivity index (χ0) is 29.2. The van der Waals surface area contributed by atoms with Gasteiger partial charge in [0.25, 0.3) is 0 Å². The molecule has 0 amide bonds. The lowest BCUT2D eigenvalue weighted by molar-refractivity contribution is -0.119. The van der Waals surface area contributed by atoms with Gasteiger partial charge in [-0.1, -0.05) is 25.1 Å². The Morgan fingerprint density at radius 2 is 1.90 bits per heavy atom. The molecular weight excluding hydrogens is 567 g/mol. The van der Waals surface area contributed by atoms with E-state index in [1.54, 1.807) is 25.6 Å². The first-order valence-electron chi connectivity index (χ1n) is 15.7. The van der Waals surface area contributed by atoms with Crippen LogP contribution < -0.4 is 9.47 Å². The van der Waals surface area contributed by atoms with Gasteiger partial charge in [-0.2, -0.15) is 0 Å². The molecule has 2 atom stereocenters. The molecule has 2 aromatic rings. The predicted octanol–water partition coefficient (Wildman–Crippen LogP) is 6.77. The number of aryl methyl sites for hydroxylation is 1. The van der Waals surface area contributed by atoms with E-state index in [-0.39, 0.29) is 17.7 Å². The molecule has 4 aliphatic rings. The van der Waals surface area contributed by atoms with Crippen molar-refractivity contribution in [3.63, 3.8) is 0 Å². The van der Waals surface area contributed by atoms with Gasteiger partial charge >= 0.3 is 0 Å². The van der Waals surface area contributed by atoms with Gasteiger partial charge in [-0.3, -0.25) is 9.59 Å². The topological polar surface area (TPSA) is 65.1 Å². The summed E-state index contributed by atoms with van der Waals surface area (Å²) in [7, 11) is 3.35. The third-order valence-electron chi connectivity index (χ3n) is 9.52. The molecule has 3 aliphatic carbocycles. The van der Waals surface area contributed by atoms with Crippen molar-refractivity contribution < 1.29 is 23.8 Å². The van der Waals surface area contributed by atoms with Gasteiger partial charge in [0.15, 0.2) is 5.78 Å². The number of benzene rings is 1. The van der Waals surface area contributed by atoms with Crippen LogP contribution in [0.4, 0.5) is 0 Å². The summed E-state index contributed by atoms with van der Waals surface area (Å²) < 4.78 is 16.9. The van der Waals surface area contributed by atoms with Crippen molar-refractivity contribution in [2.75, 3.05) is 27.4 Å². The number of ether oxygens (including phenoxy) is 3. The molecule has 2 heterocycles. The molecule has 6 nitrogen and oxygen atoms in total. The standard InChI is InChI=1S/C34H43NO5S2/c1-38-26-10-9-24(30(17-26)39-2)19-35(25-13-14-40-20-25)33(41)16-22-6-12-31-27(15-22)34(28(36)11-5-21-3-4-21)32(42-31)18-29(37)23-7-8-23/h9-10,17,21-23,25H,3-8,11-16,18-20H2,1-2H3/t22-,25?/m1/s1. The van der Waals surface area contributed by atoms with Gasteiger partial charge in [-0.05, 0) is 74.5 Å².